The van der Waals surface area contributed by atoms with Gasteiger partial charge in [-0.15, -0.1) is 0 Å². The van der Waals surface area contributed by atoms with E-state index in [9.17, 15) is 14.3 Å². The molecule has 2 heterocycles. The van der Waals surface area contributed by atoms with Gasteiger partial charge in [0.05, 0.1) is 13.2 Å². The highest BCUT2D eigenvalue weighted by molar-refractivity contribution is 5.77. The van der Waals surface area contributed by atoms with Gasteiger partial charge in [0.1, 0.15) is 5.82 Å². The number of carbonyl (C=O) groups is 1. The van der Waals surface area contributed by atoms with Crippen LogP contribution in [0.15, 0.2) is 24.3 Å². The number of halogens is 1. The lowest BCUT2D eigenvalue weighted by atomic mass is 9.76. The Morgan fingerprint density at radius 3 is 2.86 bits per heavy atom. The molecule has 22 heavy (non-hydrogen) atoms. The van der Waals surface area contributed by atoms with Gasteiger partial charge in [0.25, 0.3) is 0 Å². The van der Waals surface area contributed by atoms with E-state index in [1.54, 1.807) is 12.1 Å². The first-order valence-electron chi connectivity index (χ1n) is 7.84. The van der Waals surface area contributed by atoms with Crippen molar-refractivity contribution >= 4 is 5.91 Å². The quantitative estimate of drug-likeness (QED) is 0.919. The van der Waals surface area contributed by atoms with Gasteiger partial charge in [0.15, 0.2) is 0 Å². The molecule has 0 radical (unpaired) electrons. The fourth-order valence-electron chi connectivity index (χ4n) is 3.57. The molecule has 5 heteroatoms. The summed E-state index contributed by atoms with van der Waals surface area (Å²) in [6.45, 7) is 2.61. The summed E-state index contributed by atoms with van der Waals surface area (Å²) in [7, 11) is 0. The third-order valence-corrected chi connectivity index (χ3v) is 5.02. The van der Waals surface area contributed by atoms with E-state index in [4.69, 9.17) is 4.74 Å². The summed E-state index contributed by atoms with van der Waals surface area (Å²) in [5.74, 6) is 0.177. The van der Waals surface area contributed by atoms with E-state index < -0.39 is 0 Å². The maximum atomic E-state index is 12.9. The molecule has 1 aromatic rings. The molecule has 2 aliphatic rings. The van der Waals surface area contributed by atoms with Gasteiger partial charge < -0.3 is 14.7 Å². The minimum atomic E-state index is -0.274. The van der Waals surface area contributed by atoms with Gasteiger partial charge >= 0.3 is 0 Å². The van der Waals surface area contributed by atoms with Crippen molar-refractivity contribution in [3.63, 3.8) is 0 Å². The Bertz CT molecular complexity index is 533. The zero-order valence-electron chi connectivity index (χ0n) is 12.6. The molecule has 3 rings (SSSR count). The summed E-state index contributed by atoms with van der Waals surface area (Å²) < 4.78 is 18.4. The number of aliphatic hydroxyl groups excluding tert-OH is 1. The van der Waals surface area contributed by atoms with E-state index in [-0.39, 0.29) is 23.7 Å². The van der Waals surface area contributed by atoms with Crippen molar-refractivity contribution in [2.45, 2.75) is 19.3 Å². The monoisotopic (exact) mass is 307 g/mol. The molecule has 120 valence electrons. The van der Waals surface area contributed by atoms with Crippen molar-refractivity contribution in [2.75, 3.05) is 32.9 Å². The normalized spacial score (nSPS) is 27.7. The number of benzene rings is 1. The molecule has 0 aromatic heterocycles. The number of aryl methyl sites for hydroxylation is 1. The molecule has 1 aromatic carbocycles. The van der Waals surface area contributed by atoms with Crippen LogP contribution in [0.2, 0.25) is 0 Å². The first-order chi connectivity index (χ1) is 10.6. The highest BCUT2D eigenvalue weighted by atomic mass is 19.1. The lowest BCUT2D eigenvalue weighted by Crippen LogP contribution is -2.43. The second-order valence-electron chi connectivity index (χ2n) is 6.46. The van der Waals surface area contributed by atoms with Crippen molar-refractivity contribution in [1.82, 2.24) is 4.90 Å². The summed E-state index contributed by atoms with van der Waals surface area (Å²) in [5, 5.41) is 9.73. The molecule has 2 fully saturated rings. The number of ether oxygens (including phenoxy) is 1. The second kappa shape index (κ2) is 6.34. The maximum Gasteiger partial charge on any atom is 0.222 e. The lowest BCUT2D eigenvalue weighted by Gasteiger charge is -2.36. The van der Waals surface area contributed by atoms with Crippen LogP contribution >= 0.6 is 0 Å². The van der Waals surface area contributed by atoms with Gasteiger partial charge in [-0.25, -0.2) is 4.39 Å². The number of likely N-dealkylation sites (tertiary alicyclic amines) is 1. The maximum absolute atomic E-state index is 12.9. The highest BCUT2D eigenvalue weighted by Gasteiger charge is 2.49. The third-order valence-electron chi connectivity index (χ3n) is 5.02. The highest BCUT2D eigenvalue weighted by Crippen LogP contribution is 2.41. The second-order valence-corrected chi connectivity index (χ2v) is 6.46. The zero-order valence-corrected chi connectivity index (χ0v) is 12.6. The van der Waals surface area contributed by atoms with Crippen molar-refractivity contribution < 1.29 is 19.0 Å². The van der Waals surface area contributed by atoms with Gasteiger partial charge in [-0.3, -0.25) is 4.79 Å². The Morgan fingerprint density at radius 2 is 2.18 bits per heavy atom. The van der Waals surface area contributed by atoms with Crippen molar-refractivity contribution in [3.05, 3.63) is 35.6 Å². The first-order valence-corrected chi connectivity index (χ1v) is 7.84. The van der Waals surface area contributed by atoms with Crippen LogP contribution in [0.3, 0.4) is 0 Å². The Kier molecular flexibility index (Phi) is 4.45. The predicted molar refractivity (Wildman–Crippen MR) is 79.7 cm³/mol. The van der Waals surface area contributed by atoms with Crippen LogP contribution in [0.5, 0.6) is 0 Å². The summed E-state index contributed by atoms with van der Waals surface area (Å²) in [6.07, 6.45) is 1.94. The van der Waals surface area contributed by atoms with Gasteiger partial charge in [-0.2, -0.15) is 0 Å². The molecule has 0 aliphatic carbocycles. The van der Waals surface area contributed by atoms with Crippen molar-refractivity contribution in [3.8, 4) is 0 Å². The molecule has 1 N–H and O–H groups in total. The Balaban J connectivity index is 1.58. The van der Waals surface area contributed by atoms with E-state index in [2.05, 4.69) is 0 Å². The largest absolute Gasteiger partial charge is 0.396 e. The fraction of sp³-hybridized carbons (Fsp3) is 0.588. The van der Waals surface area contributed by atoms with Gasteiger partial charge in [0.2, 0.25) is 5.91 Å². The molecule has 0 saturated carbocycles. The van der Waals surface area contributed by atoms with Crippen LogP contribution in [-0.4, -0.2) is 48.8 Å². The van der Waals surface area contributed by atoms with E-state index >= 15 is 0 Å². The van der Waals surface area contributed by atoms with Crippen LogP contribution in [-0.2, 0) is 16.0 Å². The summed E-state index contributed by atoms with van der Waals surface area (Å²) in [6, 6.07) is 6.27. The van der Waals surface area contributed by atoms with Crippen LogP contribution in [0, 0.1) is 17.2 Å². The van der Waals surface area contributed by atoms with Gasteiger partial charge in [-0.05, 0) is 36.5 Å². The molecular weight excluding hydrogens is 285 g/mol. The molecule has 2 saturated heterocycles. The third kappa shape index (κ3) is 3.01. The lowest BCUT2D eigenvalue weighted by molar-refractivity contribution is -0.130. The first kappa shape index (κ1) is 15.4. The minimum absolute atomic E-state index is 0.0689. The predicted octanol–water partition coefficient (Wildman–Crippen LogP) is 1.62. The van der Waals surface area contributed by atoms with E-state index in [1.165, 1.54) is 12.1 Å². The Labute approximate surface area is 129 Å². The van der Waals surface area contributed by atoms with Crippen molar-refractivity contribution in [1.29, 1.82) is 0 Å². The van der Waals surface area contributed by atoms with E-state index in [0.29, 0.717) is 45.1 Å². The molecule has 2 atom stereocenters. The molecule has 0 bridgehead atoms. The molecular formula is C17H22FNO3. The number of fused-ring (bicyclic) bond motifs is 1. The average Bonchev–Trinajstić information content (AvgIpc) is 2.94. The van der Waals surface area contributed by atoms with Crippen molar-refractivity contribution in [2.24, 2.45) is 11.3 Å². The number of hydrogen-bond donors (Lipinski definition) is 1. The molecule has 1 amide bonds. The number of carbonyl (C=O) groups excluding carboxylic acids is 1. The van der Waals surface area contributed by atoms with Crippen LogP contribution in [0.1, 0.15) is 18.4 Å². The molecule has 0 spiro atoms. The zero-order chi connectivity index (χ0) is 15.6. The number of rotatable bonds is 4. The number of nitrogens with zero attached hydrogens (tertiary/aromatic N) is 1. The van der Waals surface area contributed by atoms with Gasteiger partial charge in [0, 0.05) is 31.5 Å². The summed E-state index contributed by atoms with van der Waals surface area (Å²) in [4.78, 5) is 14.3. The summed E-state index contributed by atoms with van der Waals surface area (Å²) in [5.41, 5.74) is 0.690. The molecule has 4 nitrogen and oxygen atoms in total. The minimum Gasteiger partial charge on any atom is -0.396 e. The molecule has 2 aliphatic heterocycles. The standard InChI is InChI=1S/C17H22FNO3/c18-15-4-1-13(2-5-15)3-6-16(21)19-9-14-7-8-22-12-17(14,10-19)11-20/h1-2,4-5,14,20H,3,6-12H2/t14-,17+/m0/s1. The number of amides is 1. The summed E-state index contributed by atoms with van der Waals surface area (Å²) >= 11 is 0. The number of hydrogen-bond acceptors (Lipinski definition) is 3. The molecule has 0 unspecified atom stereocenters. The Morgan fingerprint density at radius 1 is 1.41 bits per heavy atom. The van der Waals surface area contributed by atoms with E-state index in [1.807, 2.05) is 4.90 Å². The van der Waals surface area contributed by atoms with E-state index in [0.717, 1.165) is 12.0 Å². The topological polar surface area (TPSA) is 49.8 Å². The van der Waals surface area contributed by atoms with Crippen LogP contribution in [0.25, 0.3) is 0 Å². The SMILES string of the molecule is O=C(CCc1ccc(F)cc1)N1C[C@@H]2CCOC[C@]2(CO)C1. The Hall–Kier alpha value is -1.46. The van der Waals surface area contributed by atoms with Crippen LogP contribution in [0.4, 0.5) is 4.39 Å². The number of aliphatic hydroxyl groups is 1. The van der Waals surface area contributed by atoms with Gasteiger partial charge in [-0.1, -0.05) is 12.1 Å². The smallest absolute Gasteiger partial charge is 0.222 e. The fourth-order valence-corrected chi connectivity index (χ4v) is 3.57. The van der Waals surface area contributed by atoms with Crippen LogP contribution < -0.4 is 0 Å². The average molecular weight is 307 g/mol.